The van der Waals surface area contributed by atoms with E-state index in [2.05, 4.69) is 46.3 Å². The average molecular weight is 277 g/mol. The van der Waals surface area contributed by atoms with Gasteiger partial charge in [-0.1, -0.05) is 0 Å². The first-order valence-corrected chi connectivity index (χ1v) is 7.72. The monoisotopic (exact) mass is 277 g/mol. The molecule has 0 aromatic carbocycles. The number of hydrogen-bond donors (Lipinski definition) is 2. The van der Waals surface area contributed by atoms with Gasteiger partial charge in [0.05, 0.1) is 4.08 Å². The molecule has 0 aromatic rings. The Labute approximate surface area is 112 Å². The van der Waals surface area contributed by atoms with E-state index in [1.807, 2.05) is 6.92 Å². The summed E-state index contributed by atoms with van der Waals surface area (Å²) in [5.74, 6) is 2.55. The fraction of sp³-hybridized carbons (Fsp3) is 0.800. The minimum atomic E-state index is 0.389. The Morgan fingerprint density at radius 1 is 1.44 bits per heavy atom. The summed E-state index contributed by atoms with van der Waals surface area (Å²) in [7, 11) is 1.78. The standard InChI is InChI=1S/C10H19N3S3/c1-8(12-13-9(14)11-3)4-5-10(2)15-6-7-16-10/h4-7H2,1-3H3,(H2,11,13,14)/b12-8+. The van der Waals surface area contributed by atoms with Crippen LogP contribution in [0.5, 0.6) is 0 Å². The van der Waals surface area contributed by atoms with Crippen LogP contribution in [0.3, 0.4) is 0 Å². The van der Waals surface area contributed by atoms with Crippen molar-refractivity contribution in [2.45, 2.75) is 30.8 Å². The largest absolute Gasteiger partial charge is 0.364 e. The summed E-state index contributed by atoms with van der Waals surface area (Å²) < 4.78 is 0.389. The van der Waals surface area contributed by atoms with Gasteiger partial charge in [-0.25, -0.2) is 0 Å². The molecule has 0 aromatic heterocycles. The third kappa shape index (κ3) is 4.93. The van der Waals surface area contributed by atoms with E-state index in [0.29, 0.717) is 9.19 Å². The molecular weight excluding hydrogens is 258 g/mol. The van der Waals surface area contributed by atoms with Gasteiger partial charge in [0.1, 0.15) is 0 Å². The molecule has 1 heterocycles. The number of nitrogens with zero attached hydrogens (tertiary/aromatic N) is 1. The van der Waals surface area contributed by atoms with E-state index < -0.39 is 0 Å². The van der Waals surface area contributed by atoms with Crippen molar-refractivity contribution in [3.05, 3.63) is 0 Å². The SMILES string of the molecule is CNC(=S)N/N=C(\C)CCC1(C)SCCS1. The van der Waals surface area contributed by atoms with Crippen molar-refractivity contribution in [1.82, 2.24) is 10.7 Å². The van der Waals surface area contributed by atoms with Crippen molar-refractivity contribution in [1.29, 1.82) is 0 Å². The molecule has 1 rings (SSSR count). The maximum atomic E-state index is 4.95. The second kappa shape index (κ2) is 6.71. The molecule has 3 nitrogen and oxygen atoms in total. The Kier molecular flexibility index (Phi) is 5.92. The molecule has 1 fully saturated rings. The second-order valence-electron chi connectivity index (χ2n) is 3.87. The number of nitrogens with one attached hydrogen (secondary N) is 2. The number of hydrazone groups is 1. The molecule has 1 aliphatic rings. The summed E-state index contributed by atoms with van der Waals surface area (Å²) >= 11 is 9.08. The Hall–Kier alpha value is 0.0600. The molecular formula is C10H19N3S3. The lowest BCUT2D eigenvalue weighted by Gasteiger charge is -2.21. The van der Waals surface area contributed by atoms with Crippen LogP contribution in [0, 0.1) is 0 Å². The predicted octanol–water partition coefficient (Wildman–Crippen LogP) is 2.43. The molecule has 0 spiro atoms. The Bertz CT molecular complexity index is 272. The van der Waals surface area contributed by atoms with Crippen LogP contribution in [-0.2, 0) is 0 Å². The van der Waals surface area contributed by atoms with Crippen molar-refractivity contribution in [3.63, 3.8) is 0 Å². The molecule has 0 saturated carbocycles. The number of rotatable bonds is 4. The summed E-state index contributed by atoms with van der Waals surface area (Å²) in [6, 6.07) is 0. The third-order valence-corrected chi connectivity index (χ3v) is 6.12. The number of thiocarbonyl (C=S) groups is 1. The minimum Gasteiger partial charge on any atom is -0.364 e. The van der Waals surface area contributed by atoms with E-state index in [1.54, 1.807) is 7.05 Å². The Morgan fingerprint density at radius 2 is 2.06 bits per heavy atom. The van der Waals surface area contributed by atoms with E-state index in [9.17, 15) is 0 Å². The molecule has 1 aliphatic heterocycles. The molecule has 92 valence electrons. The molecule has 2 N–H and O–H groups in total. The van der Waals surface area contributed by atoms with Gasteiger partial charge in [0, 0.05) is 24.3 Å². The van der Waals surface area contributed by atoms with Crippen LogP contribution < -0.4 is 10.7 Å². The lowest BCUT2D eigenvalue weighted by atomic mass is 10.2. The molecule has 16 heavy (non-hydrogen) atoms. The Balaban J connectivity index is 2.28. The van der Waals surface area contributed by atoms with Crippen molar-refractivity contribution in [2.75, 3.05) is 18.6 Å². The van der Waals surface area contributed by atoms with Gasteiger partial charge < -0.3 is 5.32 Å². The van der Waals surface area contributed by atoms with Crippen molar-refractivity contribution >= 4 is 46.6 Å². The highest BCUT2D eigenvalue weighted by atomic mass is 32.2. The summed E-state index contributed by atoms with van der Waals surface area (Å²) in [5.41, 5.74) is 3.92. The lowest BCUT2D eigenvalue weighted by molar-refractivity contribution is 0.800. The van der Waals surface area contributed by atoms with E-state index in [4.69, 9.17) is 12.2 Å². The molecule has 0 bridgehead atoms. The van der Waals surface area contributed by atoms with Crippen molar-refractivity contribution in [3.8, 4) is 0 Å². The highest BCUT2D eigenvalue weighted by Gasteiger charge is 2.29. The molecule has 1 saturated heterocycles. The highest BCUT2D eigenvalue weighted by molar-refractivity contribution is 8.21. The molecule has 6 heteroatoms. The van der Waals surface area contributed by atoms with E-state index in [-0.39, 0.29) is 0 Å². The van der Waals surface area contributed by atoms with Gasteiger partial charge in [-0.2, -0.15) is 5.10 Å². The van der Waals surface area contributed by atoms with Crippen LogP contribution in [0.2, 0.25) is 0 Å². The summed E-state index contributed by atoms with van der Waals surface area (Å²) in [6.45, 7) is 4.37. The fourth-order valence-corrected chi connectivity index (χ4v) is 4.27. The summed E-state index contributed by atoms with van der Waals surface area (Å²) in [4.78, 5) is 0. The van der Waals surface area contributed by atoms with Crippen LogP contribution in [0.1, 0.15) is 26.7 Å². The molecule has 0 aliphatic carbocycles. The van der Waals surface area contributed by atoms with Gasteiger partial charge in [0.2, 0.25) is 0 Å². The van der Waals surface area contributed by atoms with Crippen LogP contribution >= 0.6 is 35.7 Å². The molecule has 0 atom stereocenters. The van der Waals surface area contributed by atoms with Gasteiger partial charge in [0.15, 0.2) is 5.11 Å². The number of hydrogen-bond acceptors (Lipinski definition) is 4. The average Bonchev–Trinajstić information content (AvgIpc) is 2.71. The van der Waals surface area contributed by atoms with Gasteiger partial charge in [-0.3, -0.25) is 5.43 Å². The summed E-state index contributed by atoms with van der Waals surface area (Å²) in [6.07, 6.45) is 2.20. The molecule has 0 radical (unpaired) electrons. The van der Waals surface area contributed by atoms with Crippen molar-refractivity contribution in [2.24, 2.45) is 5.10 Å². The van der Waals surface area contributed by atoms with Gasteiger partial charge in [-0.05, 0) is 38.9 Å². The van der Waals surface area contributed by atoms with Crippen LogP contribution in [0.4, 0.5) is 0 Å². The minimum absolute atomic E-state index is 0.389. The van der Waals surface area contributed by atoms with Crippen LogP contribution in [-0.4, -0.2) is 33.5 Å². The summed E-state index contributed by atoms with van der Waals surface area (Å²) in [5, 5.41) is 7.63. The maximum Gasteiger partial charge on any atom is 0.186 e. The lowest BCUT2D eigenvalue weighted by Crippen LogP contribution is -2.29. The topological polar surface area (TPSA) is 36.4 Å². The first kappa shape index (κ1) is 14.1. The van der Waals surface area contributed by atoms with Crippen LogP contribution in [0.15, 0.2) is 5.10 Å². The third-order valence-electron chi connectivity index (χ3n) is 2.41. The van der Waals surface area contributed by atoms with Crippen LogP contribution in [0.25, 0.3) is 0 Å². The number of thioether (sulfide) groups is 2. The quantitative estimate of drug-likeness (QED) is 0.469. The normalized spacial score (nSPS) is 19.6. The second-order valence-corrected chi connectivity index (χ2v) is 7.73. The van der Waals surface area contributed by atoms with E-state index >= 15 is 0 Å². The first-order chi connectivity index (χ1) is 7.56. The zero-order valence-electron chi connectivity index (χ0n) is 10.0. The molecule has 0 unspecified atom stereocenters. The zero-order valence-corrected chi connectivity index (χ0v) is 12.4. The van der Waals surface area contributed by atoms with Crippen molar-refractivity contribution < 1.29 is 0 Å². The molecule has 0 amide bonds. The zero-order chi connectivity index (χ0) is 12.0. The van der Waals surface area contributed by atoms with Gasteiger partial charge in [-0.15, -0.1) is 23.5 Å². The van der Waals surface area contributed by atoms with Gasteiger partial charge in [0.25, 0.3) is 0 Å². The fourth-order valence-electron chi connectivity index (χ4n) is 1.37. The van der Waals surface area contributed by atoms with Gasteiger partial charge >= 0.3 is 0 Å². The van der Waals surface area contributed by atoms with E-state index in [1.165, 1.54) is 17.9 Å². The highest BCUT2D eigenvalue weighted by Crippen LogP contribution is 2.46. The smallest absolute Gasteiger partial charge is 0.186 e. The maximum absolute atomic E-state index is 4.95. The Morgan fingerprint density at radius 3 is 2.62 bits per heavy atom. The van der Waals surface area contributed by atoms with E-state index in [0.717, 1.165) is 12.1 Å². The predicted molar refractivity (Wildman–Crippen MR) is 80.5 cm³/mol. The first-order valence-electron chi connectivity index (χ1n) is 5.34.